The number of likely N-dealkylation sites (N-methyl/N-ethyl adjacent to an activating group) is 1. The van der Waals surface area contributed by atoms with Crippen molar-refractivity contribution in [1.29, 1.82) is 0 Å². The monoisotopic (exact) mass is 393 g/mol. The lowest BCUT2D eigenvalue weighted by Crippen LogP contribution is -2.32. The topological polar surface area (TPSA) is 66.0 Å². The number of H-pyrrole nitrogens is 1. The van der Waals surface area contributed by atoms with E-state index in [-0.39, 0.29) is 12.5 Å². The number of thiophene rings is 1. The van der Waals surface area contributed by atoms with Crippen LogP contribution in [0.5, 0.6) is 0 Å². The minimum atomic E-state index is -0.153. The molecule has 1 aromatic carbocycles. The number of aromatic nitrogens is 3. The summed E-state index contributed by atoms with van der Waals surface area (Å²) in [5.74, 6) is 0.578. The number of carbonyl (C=O) groups is 1. The van der Waals surface area contributed by atoms with E-state index < -0.39 is 0 Å². The van der Waals surface area contributed by atoms with E-state index in [1.54, 1.807) is 28.2 Å². The van der Waals surface area contributed by atoms with Gasteiger partial charge in [-0.15, -0.1) is 11.3 Å². The second kappa shape index (κ2) is 7.92. The Bertz CT molecular complexity index is 919. The summed E-state index contributed by atoms with van der Waals surface area (Å²) in [6.45, 7) is 0.619. The number of hydrogen-bond acceptors (Lipinski definition) is 5. The molecule has 2 aromatic heterocycles. The summed E-state index contributed by atoms with van der Waals surface area (Å²) in [4.78, 5) is 19.4. The lowest BCUT2D eigenvalue weighted by Gasteiger charge is -2.16. The predicted molar refractivity (Wildman–Crippen MR) is 103 cm³/mol. The standard InChI is InChI=1S/C16H16ClN5OS2/c1-21(9-14(23)18-12-6-3-2-5-11(12)17)10-22-16(24)19-15(20-22)13-7-4-8-25-13/h2-8H,9-10H2,1H3,(H,18,23)(H,19,20,24). The van der Waals surface area contributed by atoms with Crippen LogP contribution in [0.4, 0.5) is 5.69 Å². The second-order valence-electron chi connectivity index (χ2n) is 5.44. The van der Waals surface area contributed by atoms with Crippen LogP contribution in [0.25, 0.3) is 10.7 Å². The van der Waals surface area contributed by atoms with Crippen LogP contribution in [-0.2, 0) is 11.5 Å². The number of carbonyl (C=O) groups excluding carboxylic acids is 1. The molecule has 0 atom stereocenters. The number of halogens is 1. The number of aromatic amines is 1. The molecule has 1 amide bonds. The molecular weight excluding hydrogens is 378 g/mol. The molecule has 0 saturated heterocycles. The molecule has 0 aliphatic rings. The van der Waals surface area contributed by atoms with E-state index >= 15 is 0 Å². The highest BCUT2D eigenvalue weighted by Gasteiger charge is 2.11. The van der Waals surface area contributed by atoms with E-state index in [1.807, 2.05) is 41.6 Å². The lowest BCUT2D eigenvalue weighted by atomic mass is 10.3. The summed E-state index contributed by atoms with van der Waals surface area (Å²) in [5.41, 5.74) is 0.598. The minimum absolute atomic E-state index is 0.153. The summed E-state index contributed by atoms with van der Waals surface area (Å²) >= 11 is 12.9. The molecule has 9 heteroatoms. The largest absolute Gasteiger partial charge is 0.324 e. The first-order valence-electron chi connectivity index (χ1n) is 7.46. The van der Waals surface area contributed by atoms with Crippen molar-refractivity contribution in [2.24, 2.45) is 0 Å². The number of nitrogens with zero attached hydrogens (tertiary/aromatic N) is 3. The van der Waals surface area contributed by atoms with Crippen LogP contribution in [0.1, 0.15) is 0 Å². The molecule has 3 rings (SSSR count). The van der Waals surface area contributed by atoms with Crippen LogP contribution >= 0.6 is 35.2 Å². The predicted octanol–water partition coefficient (Wildman–Crippen LogP) is 3.85. The highest BCUT2D eigenvalue weighted by molar-refractivity contribution is 7.71. The molecule has 130 valence electrons. The number of benzene rings is 1. The third-order valence-electron chi connectivity index (χ3n) is 3.38. The summed E-state index contributed by atoms with van der Waals surface area (Å²) in [5, 5.41) is 8.45. The van der Waals surface area contributed by atoms with Gasteiger partial charge in [0, 0.05) is 0 Å². The second-order valence-corrected chi connectivity index (χ2v) is 7.16. The number of para-hydroxylation sites is 1. The van der Waals surface area contributed by atoms with E-state index in [9.17, 15) is 4.79 Å². The van der Waals surface area contributed by atoms with Gasteiger partial charge in [0.05, 0.1) is 28.8 Å². The Morgan fingerprint density at radius 3 is 2.92 bits per heavy atom. The van der Waals surface area contributed by atoms with E-state index in [0.717, 1.165) is 10.7 Å². The van der Waals surface area contributed by atoms with Crippen molar-refractivity contribution in [3.05, 3.63) is 51.6 Å². The van der Waals surface area contributed by atoms with Crippen molar-refractivity contribution < 1.29 is 4.79 Å². The normalized spacial score (nSPS) is 11.0. The Morgan fingerprint density at radius 1 is 1.40 bits per heavy atom. The van der Waals surface area contributed by atoms with Crippen LogP contribution in [0.15, 0.2) is 41.8 Å². The number of amides is 1. The van der Waals surface area contributed by atoms with Gasteiger partial charge in [-0.3, -0.25) is 14.8 Å². The molecule has 0 saturated carbocycles. The average Bonchev–Trinajstić information content (AvgIpc) is 3.20. The van der Waals surface area contributed by atoms with Gasteiger partial charge in [-0.05, 0) is 42.8 Å². The summed E-state index contributed by atoms with van der Waals surface area (Å²) in [6.07, 6.45) is 0. The van der Waals surface area contributed by atoms with Gasteiger partial charge in [0.15, 0.2) is 5.82 Å². The van der Waals surface area contributed by atoms with Gasteiger partial charge in [0.2, 0.25) is 10.7 Å². The zero-order chi connectivity index (χ0) is 17.8. The van der Waals surface area contributed by atoms with Crippen LogP contribution < -0.4 is 5.32 Å². The molecule has 0 bridgehead atoms. The maximum Gasteiger partial charge on any atom is 0.238 e. The zero-order valence-corrected chi connectivity index (χ0v) is 15.8. The Kier molecular flexibility index (Phi) is 5.64. The van der Waals surface area contributed by atoms with Gasteiger partial charge in [-0.1, -0.05) is 29.8 Å². The zero-order valence-electron chi connectivity index (χ0n) is 13.4. The van der Waals surface area contributed by atoms with Gasteiger partial charge in [-0.2, -0.15) is 4.98 Å². The first-order valence-corrected chi connectivity index (χ1v) is 9.13. The fourth-order valence-electron chi connectivity index (χ4n) is 2.26. The molecule has 2 heterocycles. The highest BCUT2D eigenvalue weighted by Crippen LogP contribution is 2.21. The molecule has 0 radical (unpaired) electrons. The number of rotatable bonds is 6. The fraction of sp³-hybridized carbons (Fsp3) is 0.188. The van der Waals surface area contributed by atoms with E-state index in [0.29, 0.717) is 22.1 Å². The van der Waals surface area contributed by atoms with Crippen molar-refractivity contribution in [3.63, 3.8) is 0 Å². The SMILES string of the molecule is CN(CC(=O)Nc1ccccc1Cl)Cn1[nH]c(-c2cccs2)nc1=S. The Hall–Kier alpha value is -2.00. The number of hydrogen-bond donors (Lipinski definition) is 2. The van der Waals surface area contributed by atoms with Gasteiger partial charge in [0.1, 0.15) is 0 Å². The van der Waals surface area contributed by atoms with Crippen molar-refractivity contribution in [1.82, 2.24) is 19.7 Å². The first-order chi connectivity index (χ1) is 12.0. The molecule has 3 aromatic rings. The van der Waals surface area contributed by atoms with Gasteiger partial charge in [-0.25, -0.2) is 4.68 Å². The number of nitrogens with one attached hydrogen (secondary N) is 2. The van der Waals surface area contributed by atoms with Gasteiger partial charge >= 0.3 is 0 Å². The third kappa shape index (κ3) is 4.55. The molecular formula is C16H16ClN5OS2. The van der Waals surface area contributed by atoms with Crippen LogP contribution in [0, 0.1) is 4.77 Å². The van der Waals surface area contributed by atoms with E-state index in [4.69, 9.17) is 23.8 Å². The summed E-state index contributed by atoms with van der Waals surface area (Å²) in [7, 11) is 1.83. The van der Waals surface area contributed by atoms with Crippen LogP contribution in [-0.4, -0.2) is 39.2 Å². The highest BCUT2D eigenvalue weighted by atomic mass is 35.5. The van der Waals surface area contributed by atoms with Crippen molar-refractivity contribution in [2.75, 3.05) is 18.9 Å². The van der Waals surface area contributed by atoms with Crippen molar-refractivity contribution in [3.8, 4) is 10.7 Å². The molecule has 0 spiro atoms. The molecule has 0 fully saturated rings. The van der Waals surface area contributed by atoms with Crippen LogP contribution in [0.3, 0.4) is 0 Å². The molecule has 0 aliphatic heterocycles. The van der Waals surface area contributed by atoms with E-state index in [1.165, 1.54) is 0 Å². The molecule has 6 nitrogen and oxygen atoms in total. The number of anilines is 1. The first kappa shape index (κ1) is 17.8. The van der Waals surface area contributed by atoms with Crippen LogP contribution in [0.2, 0.25) is 5.02 Å². The molecule has 0 unspecified atom stereocenters. The minimum Gasteiger partial charge on any atom is -0.324 e. The van der Waals surface area contributed by atoms with E-state index in [2.05, 4.69) is 15.4 Å². The molecule has 25 heavy (non-hydrogen) atoms. The molecule has 2 N–H and O–H groups in total. The molecule has 0 aliphatic carbocycles. The lowest BCUT2D eigenvalue weighted by molar-refractivity contribution is -0.117. The van der Waals surface area contributed by atoms with Gasteiger partial charge < -0.3 is 5.32 Å². The van der Waals surface area contributed by atoms with Gasteiger partial charge in [0.25, 0.3) is 0 Å². The maximum atomic E-state index is 12.2. The third-order valence-corrected chi connectivity index (χ3v) is 4.90. The smallest absolute Gasteiger partial charge is 0.238 e. The summed E-state index contributed by atoms with van der Waals surface area (Å²) in [6, 6.07) is 11.1. The fourth-order valence-corrected chi connectivity index (χ4v) is 3.31. The Balaban J connectivity index is 1.61. The van der Waals surface area contributed by atoms with Crippen molar-refractivity contribution in [2.45, 2.75) is 6.67 Å². The quantitative estimate of drug-likeness (QED) is 0.624. The Labute approximate surface area is 159 Å². The van der Waals surface area contributed by atoms with Crippen molar-refractivity contribution >= 4 is 46.8 Å². The average molecular weight is 394 g/mol. The summed E-state index contributed by atoms with van der Waals surface area (Å²) < 4.78 is 2.18. The maximum absolute atomic E-state index is 12.2. The Morgan fingerprint density at radius 2 is 2.20 bits per heavy atom.